The zero-order valence-electron chi connectivity index (χ0n) is 9.03. The first-order valence-corrected chi connectivity index (χ1v) is 5.02. The van der Waals surface area contributed by atoms with Gasteiger partial charge in [0.2, 0.25) is 5.91 Å². The van der Waals surface area contributed by atoms with Gasteiger partial charge in [-0.3, -0.25) is 4.79 Å². The van der Waals surface area contributed by atoms with E-state index >= 15 is 0 Å². The second kappa shape index (κ2) is 5.86. The van der Waals surface area contributed by atoms with Crippen molar-refractivity contribution in [2.45, 2.75) is 13.3 Å². The van der Waals surface area contributed by atoms with Gasteiger partial charge in [-0.15, -0.1) is 0 Å². The summed E-state index contributed by atoms with van der Waals surface area (Å²) in [6.45, 7) is 1.75. The lowest BCUT2D eigenvalue weighted by molar-refractivity contribution is -0.124. The van der Waals surface area contributed by atoms with E-state index in [2.05, 4.69) is 5.32 Å². The molecule has 0 bridgehead atoms. The molecule has 1 rings (SSSR count). The van der Waals surface area contributed by atoms with Crippen LogP contribution in [0.4, 0.5) is 4.39 Å². The molecule has 1 atom stereocenters. The summed E-state index contributed by atoms with van der Waals surface area (Å²) < 4.78 is 12.9. The highest BCUT2D eigenvalue weighted by atomic mass is 19.1. The number of nitrogens with one attached hydrogen (secondary N) is 1. The van der Waals surface area contributed by atoms with Crippen molar-refractivity contribution >= 4 is 5.91 Å². The lowest BCUT2D eigenvalue weighted by Crippen LogP contribution is -2.30. The van der Waals surface area contributed by atoms with Crippen LogP contribution in [0.5, 0.6) is 0 Å². The fourth-order valence-electron chi connectivity index (χ4n) is 1.41. The monoisotopic (exact) mass is 220 g/mol. The first-order valence-electron chi connectivity index (χ1n) is 5.02. The first kappa shape index (κ1) is 12.2. The van der Waals surface area contributed by atoms with Crippen molar-refractivity contribution in [1.29, 1.82) is 5.26 Å². The molecule has 1 unspecified atom stereocenters. The summed E-state index contributed by atoms with van der Waals surface area (Å²) in [6.07, 6.45) is 0.467. The van der Waals surface area contributed by atoms with Crippen molar-refractivity contribution in [1.82, 2.24) is 5.32 Å². The van der Waals surface area contributed by atoms with Gasteiger partial charge in [-0.1, -0.05) is 19.1 Å². The molecule has 0 aromatic heterocycles. The van der Waals surface area contributed by atoms with Crippen molar-refractivity contribution in [3.05, 3.63) is 35.6 Å². The number of rotatable bonds is 4. The van der Waals surface area contributed by atoms with Crippen molar-refractivity contribution in [2.24, 2.45) is 5.92 Å². The molecule has 0 saturated heterocycles. The van der Waals surface area contributed by atoms with Crippen LogP contribution in [0.2, 0.25) is 0 Å². The minimum atomic E-state index is -0.304. The Hall–Kier alpha value is -1.89. The lowest BCUT2D eigenvalue weighted by Gasteiger charge is -2.10. The smallest absolute Gasteiger partial charge is 0.223 e. The fraction of sp³-hybridized carbons (Fsp3) is 0.333. The Balaban J connectivity index is 2.54. The predicted molar refractivity (Wildman–Crippen MR) is 57.9 cm³/mol. The third kappa shape index (κ3) is 3.70. The molecular formula is C12H13FN2O. The summed E-state index contributed by atoms with van der Waals surface area (Å²) in [7, 11) is 0. The second-order valence-electron chi connectivity index (χ2n) is 3.61. The zero-order chi connectivity index (χ0) is 12.0. The fourth-order valence-corrected chi connectivity index (χ4v) is 1.41. The Morgan fingerprint density at radius 2 is 2.38 bits per heavy atom. The zero-order valence-corrected chi connectivity index (χ0v) is 9.03. The minimum Gasteiger partial charge on any atom is -0.343 e. The number of carbonyl (C=O) groups is 1. The summed E-state index contributed by atoms with van der Waals surface area (Å²) in [5, 5.41) is 10.8. The number of nitriles is 1. The van der Waals surface area contributed by atoms with E-state index in [1.165, 1.54) is 12.1 Å². The van der Waals surface area contributed by atoms with E-state index < -0.39 is 0 Å². The van der Waals surface area contributed by atoms with E-state index in [0.29, 0.717) is 6.42 Å². The maximum atomic E-state index is 12.9. The topological polar surface area (TPSA) is 52.9 Å². The highest BCUT2D eigenvalue weighted by Gasteiger charge is 2.12. The van der Waals surface area contributed by atoms with Crippen LogP contribution >= 0.6 is 0 Å². The average Bonchev–Trinajstić information content (AvgIpc) is 2.25. The molecule has 0 saturated carbocycles. The lowest BCUT2D eigenvalue weighted by atomic mass is 10.0. The van der Waals surface area contributed by atoms with Crippen LogP contribution in [-0.2, 0) is 11.2 Å². The molecule has 0 fully saturated rings. The Bertz CT molecular complexity index is 412. The molecule has 0 spiro atoms. The molecule has 0 aliphatic rings. The standard InChI is InChI=1S/C12H13FN2O/c1-9(12(16)15-6-5-14)7-10-3-2-4-11(13)8-10/h2-4,8-9H,6-7H2,1H3,(H,15,16). The van der Waals surface area contributed by atoms with Crippen molar-refractivity contribution in [3.8, 4) is 6.07 Å². The van der Waals surface area contributed by atoms with E-state index in [9.17, 15) is 9.18 Å². The number of nitrogens with zero attached hydrogens (tertiary/aromatic N) is 1. The largest absolute Gasteiger partial charge is 0.343 e. The number of benzene rings is 1. The highest BCUT2D eigenvalue weighted by Crippen LogP contribution is 2.10. The van der Waals surface area contributed by atoms with Crippen LogP contribution in [0.1, 0.15) is 12.5 Å². The van der Waals surface area contributed by atoms with Gasteiger partial charge < -0.3 is 5.32 Å². The van der Waals surface area contributed by atoms with Crippen LogP contribution in [0.25, 0.3) is 0 Å². The molecular weight excluding hydrogens is 207 g/mol. The van der Waals surface area contributed by atoms with Gasteiger partial charge in [0, 0.05) is 5.92 Å². The quantitative estimate of drug-likeness (QED) is 0.784. The third-order valence-corrected chi connectivity index (χ3v) is 2.22. The molecule has 0 heterocycles. The molecule has 1 aromatic carbocycles. The summed E-state index contributed by atoms with van der Waals surface area (Å²) in [5.74, 6) is -0.761. The second-order valence-corrected chi connectivity index (χ2v) is 3.61. The number of carbonyl (C=O) groups excluding carboxylic acids is 1. The molecule has 4 heteroatoms. The van der Waals surface area contributed by atoms with Crippen molar-refractivity contribution < 1.29 is 9.18 Å². The molecule has 3 nitrogen and oxygen atoms in total. The third-order valence-electron chi connectivity index (χ3n) is 2.22. The maximum absolute atomic E-state index is 12.9. The predicted octanol–water partition coefficient (Wildman–Crippen LogP) is 1.64. The minimum absolute atomic E-state index is 0.00627. The van der Waals surface area contributed by atoms with Crippen LogP contribution in [0.3, 0.4) is 0 Å². The molecule has 84 valence electrons. The first-order chi connectivity index (χ1) is 7.63. The number of hydrogen-bond donors (Lipinski definition) is 1. The van der Waals surface area contributed by atoms with Gasteiger partial charge in [-0.2, -0.15) is 5.26 Å². The van der Waals surface area contributed by atoms with Crippen LogP contribution in [-0.4, -0.2) is 12.5 Å². The molecule has 1 aromatic rings. The van der Waals surface area contributed by atoms with Gasteiger partial charge in [0.15, 0.2) is 0 Å². The summed E-state index contributed by atoms with van der Waals surface area (Å²) in [5.41, 5.74) is 0.777. The van der Waals surface area contributed by atoms with Crippen LogP contribution < -0.4 is 5.32 Å². The van der Waals surface area contributed by atoms with Crippen LogP contribution in [0, 0.1) is 23.1 Å². The van der Waals surface area contributed by atoms with Crippen LogP contribution in [0.15, 0.2) is 24.3 Å². The Labute approximate surface area is 93.9 Å². The number of halogens is 1. The van der Waals surface area contributed by atoms with E-state index in [-0.39, 0.29) is 24.2 Å². The normalized spacial score (nSPS) is 11.6. The van der Waals surface area contributed by atoms with E-state index in [1.54, 1.807) is 19.1 Å². The average molecular weight is 220 g/mol. The SMILES string of the molecule is CC(Cc1cccc(F)c1)C(=O)NCC#N. The molecule has 0 aliphatic carbocycles. The van der Waals surface area contributed by atoms with E-state index in [0.717, 1.165) is 5.56 Å². The molecule has 16 heavy (non-hydrogen) atoms. The highest BCUT2D eigenvalue weighted by molar-refractivity contribution is 5.78. The summed E-state index contributed by atoms with van der Waals surface area (Å²) >= 11 is 0. The van der Waals surface area contributed by atoms with Crippen molar-refractivity contribution in [2.75, 3.05) is 6.54 Å². The van der Waals surface area contributed by atoms with Gasteiger partial charge in [0.1, 0.15) is 12.4 Å². The Morgan fingerprint density at radius 1 is 1.62 bits per heavy atom. The van der Waals surface area contributed by atoms with Gasteiger partial charge >= 0.3 is 0 Å². The Morgan fingerprint density at radius 3 is 3.00 bits per heavy atom. The van der Waals surface area contributed by atoms with Gasteiger partial charge in [-0.05, 0) is 24.1 Å². The van der Waals surface area contributed by atoms with E-state index in [4.69, 9.17) is 5.26 Å². The summed E-state index contributed by atoms with van der Waals surface area (Å²) in [4.78, 5) is 11.4. The summed E-state index contributed by atoms with van der Waals surface area (Å²) in [6, 6.07) is 8.00. The van der Waals surface area contributed by atoms with Gasteiger partial charge in [-0.25, -0.2) is 4.39 Å². The molecule has 1 N–H and O–H groups in total. The molecule has 0 aliphatic heterocycles. The number of amides is 1. The van der Waals surface area contributed by atoms with E-state index in [1.807, 2.05) is 6.07 Å². The van der Waals surface area contributed by atoms with Gasteiger partial charge in [0.25, 0.3) is 0 Å². The Kier molecular flexibility index (Phi) is 4.46. The molecule has 0 radical (unpaired) electrons. The molecule has 1 amide bonds. The number of hydrogen-bond acceptors (Lipinski definition) is 2. The van der Waals surface area contributed by atoms with Gasteiger partial charge in [0.05, 0.1) is 6.07 Å². The maximum Gasteiger partial charge on any atom is 0.223 e. The van der Waals surface area contributed by atoms with Crippen molar-refractivity contribution in [3.63, 3.8) is 0 Å².